The minimum atomic E-state index is 0.110. The van der Waals surface area contributed by atoms with Gasteiger partial charge in [-0.15, -0.1) is 0 Å². The highest BCUT2D eigenvalue weighted by atomic mass is 16.5. The van der Waals surface area contributed by atoms with Gasteiger partial charge in [-0.2, -0.15) is 0 Å². The molecule has 2 aliphatic heterocycles. The molecule has 1 aromatic heterocycles. The number of likely N-dealkylation sites (tertiary alicyclic amines) is 1. The summed E-state index contributed by atoms with van der Waals surface area (Å²) in [6, 6.07) is 3.84. The van der Waals surface area contributed by atoms with E-state index in [9.17, 15) is 4.79 Å². The average molecular weight is 317 g/mol. The van der Waals surface area contributed by atoms with Crippen LogP contribution in [0.1, 0.15) is 25.3 Å². The van der Waals surface area contributed by atoms with E-state index in [1.54, 1.807) is 12.4 Å². The van der Waals surface area contributed by atoms with Crippen molar-refractivity contribution in [1.82, 2.24) is 14.8 Å². The predicted molar refractivity (Wildman–Crippen MR) is 89.1 cm³/mol. The fourth-order valence-corrected chi connectivity index (χ4v) is 3.81. The Hall–Kier alpha value is -1.46. The third-order valence-electron chi connectivity index (χ3n) is 5.09. The van der Waals surface area contributed by atoms with Crippen LogP contribution in [-0.2, 0) is 16.0 Å². The lowest BCUT2D eigenvalue weighted by Crippen LogP contribution is -2.52. The van der Waals surface area contributed by atoms with Crippen LogP contribution in [-0.4, -0.2) is 66.6 Å². The topological polar surface area (TPSA) is 45.7 Å². The highest BCUT2D eigenvalue weighted by Gasteiger charge is 2.39. The van der Waals surface area contributed by atoms with Gasteiger partial charge in [-0.1, -0.05) is 6.92 Å². The van der Waals surface area contributed by atoms with E-state index >= 15 is 0 Å². The summed E-state index contributed by atoms with van der Waals surface area (Å²) in [6.45, 7) is 8.59. The first-order valence-corrected chi connectivity index (χ1v) is 8.68. The number of hydrogen-bond acceptors (Lipinski definition) is 4. The molecule has 1 aromatic rings. The zero-order chi connectivity index (χ0) is 16.1. The predicted octanol–water partition coefficient (Wildman–Crippen LogP) is 1.58. The molecular formula is C18H27N3O2. The number of likely N-dealkylation sites (N-methyl/N-ethyl adjacent to an activating group) is 1. The van der Waals surface area contributed by atoms with Crippen molar-refractivity contribution in [1.29, 1.82) is 0 Å². The number of hydrogen-bond donors (Lipinski definition) is 0. The Bertz CT molecular complexity index is 522. The molecule has 1 amide bonds. The Kier molecular flexibility index (Phi) is 5.28. The summed E-state index contributed by atoms with van der Waals surface area (Å²) in [5, 5.41) is 0. The maximum absolute atomic E-state index is 12.7. The summed E-state index contributed by atoms with van der Waals surface area (Å²) in [6.07, 6.45) is 6.19. The number of pyridine rings is 1. The van der Waals surface area contributed by atoms with Gasteiger partial charge in [-0.3, -0.25) is 9.78 Å². The lowest BCUT2D eigenvalue weighted by atomic mass is 9.80. The molecule has 0 aliphatic carbocycles. The summed E-state index contributed by atoms with van der Waals surface area (Å²) >= 11 is 0. The minimum absolute atomic E-state index is 0.110. The van der Waals surface area contributed by atoms with Crippen LogP contribution in [0.2, 0.25) is 0 Å². The van der Waals surface area contributed by atoms with Crippen LogP contribution >= 0.6 is 0 Å². The second-order valence-electron chi connectivity index (χ2n) is 6.87. The smallest absolute Gasteiger partial charge is 0.227 e. The van der Waals surface area contributed by atoms with Crippen LogP contribution in [0.5, 0.6) is 0 Å². The van der Waals surface area contributed by atoms with Crippen molar-refractivity contribution >= 4 is 5.91 Å². The molecule has 2 saturated heterocycles. The van der Waals surface area contributed by atoms with Crippen molar-refractivity contribution in [3.8, 4) is 0 Å². The van der Waals surface area contributed by atoms with Crippen LogP contribution in [0, 0.1) is 5.41 Å². The summed E-state index contributed by atoms with van der Waals surface area (Å²) in [5.41, 5.74) is 1.15. The molecule has 1 atom stereocenters. The highest BCUT2D eigenvalue weighted by molar-refractivity contribution is 5.78. The Morgan fingerprint density at radius 2 is 2.13 bits per heavy atom. The van der Waals surface area contributed by atoms with Crippen LogP contribution in [0.25, 0.3) is 0 Å². The van der Waals surface area contributed by atoms with Crippen molar-refractivity contribution in [2.24, 2.45) is 5.41 Å². The first-order valence-electron chi connectivity index (χ1n) is 8.68. The van der Waals surface area contributed by atoms with Gasteiger partial charge in [0.05, 0.1) is 19.6 Å². The number of nitrogens with zero attached hydrogens (tertiary/aromatic N) is 3. The highest BCUT2D eigenvalue weighted by Crippen LogP contribution is 2.33. The zero-order valence-electron chi connectivity index (χ0n) is 14.0. The Balaban J connectivity index is 1.66. The molecular weight excluding hydrogens is 290 g/mol. The molecule has 23 heavy (non-hydrogen) atoms. The molecule has 5 heteroatoms. The van der Waals surface area contributed by atoms with Gasteiger partial charge in [-0.05, 0) is 37.1 Å². The lowest BCUT2D eigenvalue weighted by molar-refractivity contribution is -0.135. The number of carbonyl (C=O) groups excluding carboxylic acids is 1. The second-order valence-corrected chi connectivity index (χ2v) is 6.87. The molecule has 0 radical (unpaired) electrons. The van der Waals surface area contributed by atoms with Gasteiger partial charge in [0.15, 0.2) is 0 Å². The first kappa shape index (κ1) is 16.4. The number of aromatic nitrogens is 1. The van der Waals surface area contributed by atoms with Gasteiger partial charge < -0.3 is 14.5 Å². The maximum atomic E-state index is 12.7. The molecule has 3 rings (SSSR count). The van der Waals surface area contributed by atoms with Gasteiger partial charge in [0.25, 0.3) is 0 Å². The Morgan fingerprint density at radius 1 is 1.30 bits per heavy atom. The third kappa shape index (κ3) is 4.09. The van der Waals surface area contributed by atoms with Crippen LogP contribution in [0.3, 0.4) is 0 Å². The lowest BCUT2D eigenvalue weighted by Gasteiger charge is -2.43. The van der Waals surface area contributed by atoms with Crippen molar-refractivity contribution < 1.29 is 9.53 Å². The molecule has 126 valence electrons. The van der Waals surface area contributed by atoms with E-state index in [0.717, 1.165) is 64.3 Å². The molecule has 0 aromatic carbocycles. The van der Waals surface area contributed by atoms with E-state index in [1.807, 2.05) is 17.0 Å². The Morgan fingerprint density at radius 3 is 2.91 bits per heavy atom. The SMILES string of the molecule is CCN1CCOCC2(CCCN(C(=O)Cc3ccncc3)C2)C1. The summed E-state index contributed by atoms with van der Waals surface area (Å²) in [5.74, 6) is 0.225. The Labute approximate surface area is 138 Å². The van der Waals surface area contributed by atoms with Crippen LogP contribution in [0.15, 0.2) is 24.5 Å². The molecule has 0 N–H and O–H groups in total. The monoisotopic (exact) mass is 317 g/mol. The molecule has 1 unspecified atom stereocenters. The molecule has 0 bridgehead atoms. The van der Waals surface area contributed by atoms with Crippen molar-refractivity contribution in [2.75, 3.05) is 45.9 Å². The van der Waals surface area contributed by atoms with Gasteiger partial charge in [0.2, 0.25) is 5.91 Å². The molecule has 2 aliphatic rings. The van der Waals surface area contributed by atoms with E-state index in [2.05, 4.69) is 16.8 Å². The normalized spacial score (nSPS) is 26.2. The molecule has 1 spiro atoms. The van der Waals surface area contributed by atoms with Gasteiger partial charge >= 0.3 is 0 Å². The zero-order valence-corrected chi connectivity index (χ0v) is 14.0. The van der Waals surface area contributed by atoms with Gasteiger partial charge in [-0.25, -0.2) is 0 Å². The standard InChI is InChI=1S/C18H27N3O2/c1-2-20-10-11-23-15-18(13-20)6-3-9-21(14-18)17(22)12-16-4-7-19-8-5-16/h4-5,7-8H,2-3,6,9-15H2,1H3. The third-order valence-corrected chi connectivity index (χ3v) is 5.09. The number of carbonyl (C=O) groups is 1. The van der Waals surface area contributed by atoms with Crippen molar-refractivity contribution in [3.63, 3.8) is 0 Å². The second kappa shape index (κ2) is 7.41. The van der Waals surface area contributed by atoms with E-state index in [4.69, 9.17) is 4.74 Å². The van der Waals surface area contributed by atoms with Crippen LogP contribution < -0.4 is 0 Å². The molecule has 2 fully saturated rings. The minimum Gasteiger partial charge on any atom is -0.379 e. The summed E-state index contributed by atoms with van der Waals surface area (Å²) in [7, 11) is 0. The van der Waals surface area contributed by atoms with Gasteiger partial charge in [0.1, 0.15) is 0 Å². The first-order chi connectivity index (χ1) is 11.2. The largest absolute Gasteiger partial charge is 0.379 e. The fourth-order valence-electron chi connectivity index (χ4n) is 3.81. The molecule has 0 saturated carbocycles. The van der Waals surface area contributed by atoms with E-state index in [-0.39, 0.29) is 11.3 Å². The number of rotatable bonds is 3. The quantitative estimate of drug-likeness (QED) is 0.849. The molecule has 5 nitrogen and oxygen atoms in total. The fraction of sp³-hybridized carbons (Fsp3) is 0.667. The number of piperidine rings is 1. The summed E-state index contributed by atoms with van der Waals surface area (Å²) < 4.78 is 5.88. The number of amides is 1. The maximum Gasteiger partial charge on any atom is 0.227 e. The number of ether oxygens (including phenoxy) is 1. The van der Waals surface area contributed by atoms with Crippen molar-refractivity contribution in [3.05, 3.63) is 30.1 Å². The van der Waals surface area contributed by atoms with Crippen molar-refractivity contribution in [2.45, 2.75) is 26.2 Å². The average Bonchev–Trinajstić information content (AvgIpc) is 2.78. The van der Waals surface area contributed by atoms with E-state index in [1.165, 1.54) is 0 Å². The van der Waals surface area contributed by atoms with Gasteiger partial charge in [0, 0.05) is 44.0 Å². The van der Waals surface area contributed by atoms with E-state index in [0.29, 0.717) is 6.42 Å². The van der Waals surface area contributed by atoms with E-state index < -0.39 is 0 Å². The van der Waals surface area contributed by atoms with Crippen LogP contribution in [0.4, 0.5) is 0 Å². The summed E-state index contributed by atoms with van der Waals surface area (Å²) in [4.78, 5) is 21.2. The molecule has 3 heterocycles.